The third kappa shape index (κ3) is 4.65. The molecule has 1 saturated heterocycles. The summed E-state index contributed by atoms with van der Waals surface area (Å²) in [7, 11) is -2.47. The molecule has 4 aromatic rings. The van der Waals surface area contributed by atoms with Crippen molar-refractivity contribution in [2.45, 2.75) is 17.4 Å². The minimum Gasteiger partial charge on any atom is -0.481 e. The highest BCUT2D eigenvalue weighted by Crippen LogP contribution is 2.30. The molecule has 184 valence electrons. The summed E-state index contributed by atoms with van der Waals surface area (Å²) in [6.45, 7) is 0.183. The lowest BCUT2D eigenvalue weighted by atomic mass is 10.1. The van der Waals surface area contributed by atoms with E-state index in [1.165, 1.54) is 36.3 Å². The van der Waals surface area contributed by atoms with Crippen LogP contribution in [0.3, 0.4) is 0 Å². The van der Waals surface area contributed by atoms with Crippen LogP contribution in [-0.4, -0.2) is 39.0 Å². The Hall–Kier alpha value is -3.53. The number of ether oxygens (including phenoxy) is 1. The number of nitrogens with one attached hydrogen (secondary N) is 1. The second kappa shape index (κ2) is 9.50. The average Bonchev–Trinajstić information content (AvgIpc) is 3.22. The van der Waals surface area contributed by atoms with Crippen LogP contribution in [0.4, 0.5) is 10.1 Å². The first-order valence-corrected chi connectivity index (χ1v) is 12.9. The minimum absolute atomic E-state index is 0.0345. The summed E-state index contributed by atoms with van der Waals surface area (Å²) >= 11 is 6.00. The van der Waals surface area contributed by atoms with E-state index >= 15 is 4.39 Å². The fourth-order valence-corrected chi connectivity index (χ4v) is 5.66. The zero-order valence-corrected chi connectivity index (χ0v) is 20.7. The van der Waals surface area contributed by atoms with E-state index in [4.69, 9.17) is 16.3 Å². The fourth-order valence-electron chi connectivity index (χ4n) is 4.22. The first kappa shape index (κ1) is 24.2. The van der Waals surface area contributed by atoms with Crippen molar-refractivity contribution in [1.82, 2.24) is 9.71 Å². The van der Waals surface area contributed by atoms with Crippen molar-refractivity contribution in [1.29, 1.82) is 0 Å². The summed E-state index contributed by atoms with van der Waals surface area (Å²) in [4.78, 5) is 18.5. The molecule has 7 nitrogen and oxygen atoms in total. The van der Waals surface area contributed by atoms with Gasteiger partial charge in [-0.3, -0.25) is 4.79 Å². The molecule has 1 fully saturated rings. The Morgan fingerprint density at radius 3 is 2.50 bits per heavy atom. The van der Waals surface area contributed by atoms with Crippen molar-refractivity contribution < 1.29 is 22.3 Å². The predicted octanol–water partition coefficient (Wildman–Crippen LogP) is 4.79. The van der Waals surface area contributed by atoms with E-state index in [-0.39, 0.29) is 23.5 Å². The Bertz CT molecular complexity index is 1580. The molecule has 3 aromatic carbocycles. The number of carbonyl (C=O) groups is 1. The van der Waals surface area contributed by atoms with Gasteiger partial charge in [-0.1, -0.05) is 29.8 Å². The number of rotatable bonds is 6. The van der Waals surface area contributed by atoms with Crippen molar-refractivity contribution in [3.8, 4) is 17.0 Å². The summed E-state index contributed by atoms with van der Waals surface area (Å²) in [6, 6.07) is 16.8. The molecule has 2 heterocycles. The van der Waals surface area contributed by atoms with Gasteiger partial charge in [0.2, 0.25) is 21.8 Å². The highest BCUT2D eigenvalue weighted by atomic mass is 35.5. The summed E-state index contributed by atoms with van der Waals surface area (Å²) < 4.78 is 48.6. The lowest BCUT2D eigenvalue weighted by molar-refractivity contribution is -0.118. The molecule has 0 spiro atoms. The number of pyridine rings is 1. The summed E-state index contributed by atoms with van der Waals surface area (Å²) in [6.07, 6.45) is 1.78. The van der Waals surface area contributed by atoms with Crippen LogP contribution >= 0.6 is 11.6 Å². The number of sulfonamides is 1. The number of halogens is 2. The number of carbonyl (C=O) groups excluding carboxylic acids is 1. The molecule has 36 heavy (non-hydrogen) atoms. The van der Waals surface area contributed by atoms with Crippen LogP contribution in [0, 0.1) is 5.82 Å². The van der Waals surface area contributed by atoms with E-state index in [0.29, 0.717) is 27.4 Å². The quantitative estimate of drug-likeness (QED) is 0.391. The van der Waals surface area contributed by atoms with Crippen LogP contribution in [-0.2, 0) is 14.8 Å². The molecule has 0 radical (unpaired) electrons. The molecule has 1 aromatic heterocycles. The largest absolute Gasteiger partial charge is 0.481 e. The molecule has 1 N–H and O–H groups in total. The molecular weight excluding hydrogens is 505 g/mol. The molecular formula is C26H21ClFN3O4S. The SMILES string of the molecule is COc1ccc(-c2ccc(N3CCC(NS(=O)(=O)c4ccc5cc(Cl)ccc5c4)C3=O)c(F)c2)cn1. The van der Waals surface area contributed by atoms with E-state index in [1.807, 2.05) is 0 Å². The van der Waals surface area contributed by atoms with Crippen LogP contribution in [0.2, 0.25) is 5.02 Å². The number of hydrogen-bond acceptors (Lipinski definition) is 5. The Kier molecular flexibility index (Phi) is 6.38. The molecule has 0 bridgehead atoms. The smallest absolute Gasteiger partial charge is 0.245 e. The molecule has 1 aliphatic heterocycles. The first-order chi connectivity index (χ1) is 17.2. The molecule has 0 aliphatic carbocycles. The highest BCUT2D eigenvalue weighted by molar-refractivity contribution is 7.89. The average molecular weight is 526 g/mol. The number of amides is 1. The van der Waals surface area contributed by atoms with Crippen molar-refractivity contribution in [2.24, 2.45) is 0 Å². The predicted molar refractivity (Wildman–Crippen MR) is 136 cm³/mol. The van der Waals surface area contributed by atoms with Crippen LogP contribution in [0.25, 0.3) is 21.9 Å². The Balaban J connectivity index is 1.33. The Morgan fingerprint density at radius 2 is 1.78 bits per heavy atom. The van der Waals surface area contributed by atoms with Gasteiger partial charge in [0, 0.05) is 29.4 Å². The van der Waals surface area contributed by atoms with Gasteiger partial charge in [0.1, 0.15) is 11.9 Å². The number of nitrogens with zero attached hydrogens (tertiary/aromatic N) is 2. The highest BCUT2D eigenvalue weighted by Gasteiger charge is 2.36. The third-order valence-electron chi connectivity index (χ3n) is 6.10. The number of aromatic nitrogens is 1. The van der Waals surface area contributed by atoms with Crippen LogP contribution in [0.15, 0.2) is 77.8 Å². The third-order valence-corrected chi connectivity index (χ3v) is 7.81. The first-order valence-electron chi connectivity index (χ1n) is 11.1. The molecule has 1 amide bonds. The Morgan fingerprint density at radius 1 is 1.03 bits per heavy atom. The van der Waals surface area contributed by atoms with Gasteiger partial charge >= 0.3 is 0 Å². The van der Waals surface area contributed by atoms with Gasteiger partial charge in [-0.05, 0) is 65.2 Å². The summed E-state index contributed by atoms with van der Waals surface area (Å²) in [5.41, 5.74) is 1.37. The lowest BCUT2D eigenvalue weighted by Gasteiger charge is -2.19. The second-order valence-electron chi connectivity index (χ2n) is 8.36. The summed E-state index contributed by atoms with van der Waals surface area (Å²) in [5.74, 6) is -0.655. The molecule has 1 aliphatic rings. The van der Waals surface area contributed by atoms with Gasteiger partial charge in [-0.25, -0.2) is 17.8 Å². The van der Waals surface area contributed by atoms with E-state index in [1.54, 1.807) is 48.7 Å². The van der Waals surface area contributed by atoms with Crippen LogP contribution < -0.4 is 14.4 Å². The van der Waals surface area contributed by atoms with Gasteiger partial charge in [-0.2, -0.15) is 4.72 Å². The second-order valence-corrected chi connectivity index (χ2v) is 10.5. The minimum atomic E-state index is -3.98. The van der Waals surface area contributed by atoms with Crippen LogP contribution in [0.5, 0.6) is 5.88 Å². The zero-order chi connectivity index (χ0) is 25.4. The number of methoxy groups -OCH3 is 1. The molecule has 1 unspecified atom stereocenters. The fraction of sp³-hybridized carbons (Fsp3) is 0.154. The molecule has 10 heteroatoms. The molecule has 5 rings (SSSR count). The molecule has 0 saturated carbocycles. The van der Waals surface area contributed by atoms with E-state index in [9.17, 15) is 13.2 Å². The van der Waals surface area contributed by atoms with Crippen molar-refractivity contribution >= 4 is 44.0 Å². The zero-order valence-electron chi connectivity index (χ0n) is 19.1. The lowest BCUT2D eigenvalue weighted by Crippen LogP contribution is -2.41. The van der Waals surface area contributed by atoms with Gasteiger partial charge in [0.25, 0.3) is 0 Å². The van der Waals surface area contributed by atoms with E-state index in [0.717, 1.165) is 5.39 Å². The van der Waals surface area contributed by atoms with Crippen molar-refractivity contribution in [3.05, 3.63) is 83.8 Å². The topological polar surface area (TPSA) is 88.6 Å². The van der Waals surface area contributed by atoms with Gasteiger partial charge < -0.3 is 9.64 Å². The maximum atomic E-state index is 15.0. The van der Waals surface area contributed by atoms with E-state index < -0.39 is 27.8 Å². The number of hydrogen-bond donors (Lipinski definition) is 1. The normalized spacial score (nSPS) is 16.0. The number of fused-ring (bicyclic) bond motifs is 1. The van der Waals surface area contributed by atoms with Crippen molar-refractivity contribution in [2.75, 3.05) is 18.6 Å². The van der Waals surface area contributed by atoms with Crippen LogP contribution in [0.1, 0.15) is 6.42 Å². The van der Waals surface area contributed by atoms with E-state index in [2.05, 4.69) is 9.71 Å². The van der Waals surface area contributed by atoms with Crippen molar-refractivity contribution in [3.63, 3.8) is 0 Å². The summed E-state index contributed by atoms with van der Waals surface area (Å²) in [5, 5.41) is 2.05. The number of benzene rings is 3. The molecule has 1 atom stereocenters. The van der Waals surface area contributed by atoms with Gasteiger partial charge in [0.05, 0.1) is 17.7 Å². The standard InChI is InChI=1S/C26H21ClFN3O4S/c1-35-25-9-5-19(15-29-25)18-4-8-24(22(28)14-18)31-11-10-23(26(31)32)30-36(33,34)21-7-3-16-12-20(27)6-2-17(16)13-21/h2-9,12-15,23,30H,10-11H2,1H3. The number of anilines is 1. The Labute approximate surface area is 212 Å². The maximum absolute atomic E-state index is 15.0. The van der Waals surface area contributed by atoms with Gasteiger partial charge in [0.15, 0.2) is 0 Å². The maximum Gasteiger partial charge on any atom is 0.245 e. The van der Waals surface area contributed by atoms with Gasteiger partial charge in [-0.15, -0.1) is 0 Å². The monoisotopic (exact) mass is 525 g/mol.